The summed E-state index contributed by atoms with van der Waals surface area (Å²) in [5.41, 5.74) is 1.92. The number of morpholine rings is 1. The van der Waals surface area contributed by atoms with Gasteiger partial charge in [-0.3, -0.25) is 4.79 Å². The second-order valence-corrected chi connectivity index (χ2v) is 5.94. The summed E-state index contributed by atoms with van der Waals surface area (Å²) in [6.07, 6.45) is 3.10. The first kappa shape index (κ1) is 12.2. The zero-order chi connectivity index (χ0) is 12.7. The van der Waals surface area contributed by atoms with Gasteiger partial charge in [-0.05, 0) is 53.9 Å². The Balaban J connectivity index is 1.86. The Bertz CT molecular complexity index is 477. The van der Waals surface area contributed by atoms with Gasteiger partial charge in [0.2, 0.25) is 0 Å². The molecule has 1 aromatic carbocycles. The van der Waals surface area contributed by atoms with Gasteiger partial charge in [0.1, 0.15) is 0 Å². The number of anilines is 1. The van der Waals surface area contributed by atoms with Crippen LogP contribution in [-0.2, 0) is 4.74 Å². The summed E-state index contributed by atoms with van der Waals surface area (Å²) >= 11 is 3.58. The highest BCUT2D eigenvalue weighted by atomic mass is 79.9. The Morgan fingerprint density at radius 1 is 1.33 bits per heavy atom. The molecular formula is C14H16BrNO2. The zero-order valence-corrected chi connectivity index (χ0v) is 11.9. The maximum Gasteiger partial charge on any atom is 0.159 e. The molecule has 2 atom stereocenters. The van der Waals surface area contributed by atoms with Crippen LogP contribution >= 0.6 is 15.9 Å². The number of carbonyl (C=O) groups excluding carboxylic acids is 1. The van der Waals surface area contributed by atoms with Crippen LogP contribution in [-0.4, -0.2) is 31.1 Å². The van der Waals surface area contributed by atoms with Crippen molar-refractivity contribution in [1.82, 2.24) is 0 Å². The molecule has 3 nitrogen and oxygen atoms in total. The highest BCUT2D eigenvalue weighted by Gasteiger charge is 2.34. The van der Waals surface area contributed by atoms with Gasteiger partial charge in [-0.2, -0.15) is 0 Å². The monoisotopic (exact) mass is 309 g/mol. The fourth-order valence-electron chi connectivity index (χ4n) is 2.79. The van der Waals surface area contributed by atoms with Crippen molar-refractivity contribution in [2.45, 2.75) is 32.0 Å². The number of ether oxygens (including phenoxy) is 1. The molecule has 0 radical (unpaired) electrons. The molecule has 0 saturated carbocycles. The maximum absolute atomic E-state index is 11.3. The number of benzene rings is 1. The van der Waals surface area contributed by atoms with Crippen LogP contribution in [0.1, 0.15) is 30.1 Å². The molecule has 0 amide bonds. The highest BCUT2D eigenvalue weighted by molar-refractivity contribution is 9.10. The predicted octanol–water partition coefficient (Wildman–Crippen LogP) is 3.02. The summed E-state index contributed by atoms with van der Waals surface area (Å²) in [6.45, 7) is 3.50. The van der Waals surface area contributed by atoms with E-state index < -0.39 is 0 Å². The fraction of sp³-hybridized carbons (Fsp3) is 0.500. The second kappa shape index (κ2) is 4.67. The van der Waals surface area contributed by atoms with Gasteiger partial charge >= 0.3 is 0 Å². The van der Waals surface area contributed by atoms with Crippen molar-refractivity contribution in [3.8, 4) is 0 Å². The van der Waals surface area contributed by atoms with E-state index in [1.165, 1.54) is 18.5 Å². The highest BCUT2D eigenvalue weighted by Crippen LogP contribution is 2.34. The normalized spacial score (nSPS) is 26.4. The Morgan fingerprint density at radius 3 is 2.56 bits per heavy atom. The number of rotatable bonds is 2. The maximum atomic E-state index is 11.3. The first-order valence-corrected chi connectivity index (χ1v) is 7.13. The average Bonchev–Trinajstić information content (AvgIpc) is 2.68. The molecule has 4 heteroatoms. The molecule has 2 heterocycles. The van der Waals surface area contributed by atoms with E-state index in [1.54, 1.807) is 6.92 Å². The van der Waals surface area contributed by atoms with E-state index in [9.17, 15) is 4.79 Å². The van der Waals surface area contributed by atoms with Crippen LogP contribution in [0.4, 0.5) is 5.69 Å². The van der Waals surface area contributed by atoms with Gasteiger partial charge in [-0.1, -0.05) is 0 Å². The van der Waals surface area contributed by atoms with Crippen LogP contribution in [0.2, 0.25) is 0 Å². The molecule has 2 fully saturated rings. The Morgan fingerprint density at radius 2 is 2.00 bits per heavy atom. The van der Waals surface area contributed by atoms with Gasteiger partial charge < -0.3 is 9.64 Å². The van der Waals surface area contributed by atoms with E-state index in [1.807, 2.05) is 18.2 Å². The molecule has 0 aromatic heterocycles. The summed E-state index contributed by atoms with van der Waals surface area (Å²) in [5, 5.41) is 0. The van der Waals surface area contributed by atoms with Crippen molar-refractivity contribution in [2.24, 2.45) is 0 Å². The Hall–Kier alpha value is -0.870. The number of hydrogen-bond acceptors (Lipinski definition) is 3. The lowest BCUT2D eigenvalue weighted by molar-refractivity contribution is 0.0304. The third-order valence-corrected chi connectivity index (χ3v) is 4.37. The molecular weight excluding hydrogens is 294 g/mol. The lowest BCUT2D eigenvalue weighted by atomic mass is 10.1. The number of halogens is 1. The van der Waals surface area contributed by atoms with Crippen molar-refractivity contribution in [3.05, 3.63) is 28.2 Å². The molecule has 3 rings (SSSR count). The number of carbonyl (C=O) groups is 1. The van der Waals surface area contributed by atoms with E-state index in [0.29, 0.717) is 12.2 Å². The fourth-order valence-corrected chi connectivity index (χ4v) is 3.42. The molecule has 1 aromatic rings. The quantitative estimate of drug-likeness (QED) is 0.787. The minimum Gasteiger partial charge on any atom is -0.371 e. The molecule has 96 valence electrons. The van der Waals surface area contributed by atoms with Crippen LogP contribution < -0.4 is 4.90 Å². The van der Waals surface area contributed by atoms with Crippen molar-refractivity contribution in [2.75, 3.05) is 18.0 Å². The van der Waals surface area contributed by atoms with Gasteiger partial charge in [0.25, 0.3) is 0 Å². The van der Waals surface area contributed by atoms with E-state index in [-0.39, 0.29) is 5.78 Å². The number of Topliss-reactive ketones (excluding diaryl/α,β-unsaturated/α-hetero) is 1. The smallest absolute Gasteiger partial charge is 0.159 e. The van der Waals surface area contributed by atoms with Crippen molar-refractivity contribution in [1.29, 1.82) is 0 Å². The zero-order valence-electron chi connectivity index (χ0n) is 10.4. The van der Waals surface area contributed by atoms with Crippen molar-refractivity contribution < 1.29 is 9.53 Å². The van der Waals surface area contributed by atoms with Crippen LogP contribution in [0.15, 0.2) is 22.7 Å². The molecule has 2 unspecified atom stereocenters. The molecule has 2 saturated heterocycles. The van der Waals surface area contributed by atoms with Crippen molar-refractivity contribution >= 4 is 27.4 Å². The van der Waals surface area contributed by atoms with Gasteiger partial charge in [-0.25, -0.2) is 0 Å². The molecule has 2 bridgehead atoms. The average molecular weight is 310 g/mol. The van der Waals surface area contributed by atoms with Crippen LogP contribution in [0.25, 0.3) is 0 Å². The Kier molecular flexibility index (Phi) is 3.16. The summed E-state index contributed by atoms with van der Waals surface area (Å²) in [5.74, 6) is 0.101. The Labute approximate surface area is 115 Å². The second-order valence-electron chi connectivity index (χ2n) is 5.08. The standard InChI is InChI=1S/C14H16BrNO2/c1-9(17)10-2-5-14(13(15)6-10)16-7-11-3-4-12(8-16)18-11/h2,5-6,11-12H,3-4,7-8H2,1H3. The molecule has 0 spiro atoms. The summed E-state index contributed by atoms with van der Waals surface area (Å²) in [6, 6.07) is 5.85. The van der Waals surface area contributed by atoms with Gasteiger partial charge in [0.05, 0.1) is 17.9 Å². The number of nitrogens with zero attached hydrogens (tertiary/aromatic N) is 1. The van der Waals surface area contributed by atoms with E-state index in [0.717, 1.165) is 23.1 Å². The summed E-state index contributed by atoms with van der Waals surface area (Å²) in [7, 11) is 0. The first-order valence-electron chi connectivity index (χ1n) is 6.34. The van der Waals surface area contributed by atoms with Crippen LogP contribution in [0.3, 0.4) is 0 Å². The number of ketones is 1. The number of hydrogen-bond donors (Lipinski definition) is 0. The number of fused-ring (bicyclic) bond motifs is 2. The van der Waals surface area contributed by atoms with Crippen molar-refractivity contribution in [3.63, 3.8) is 0 Å². The molecule has 2 aliphatic heterocycles. The topological polar surface area (TPSA) is 29.5 Å². The molecule has 2 aliphatic rings. The van der Waals surface area contributed by atoms with Crippen LogP contribution in [0.5, 0.6) is 0 Å². The SMILES string of the molecule is CC(=O)c1ccc(N2CC3CCC(C2)O3)c(Br)c1. The predicted molar refractivity (Wildman–Crippen MR) is 74.3 cm³/mol. The largest absolute Gasteiger partial charge is 0.371 e. The van der Waals surface area contributed by atoms with E-state index in [4.69, 9.17) is 4.74 Å². The summed E-state index contributed by atoms with van der Waals surface area (Å²) in [4.78, 5) is 13.7. The minimum absolute atomic E-state index is 0.101. The van der Waals surface area contributed by atoms with E-state index >= 15 is 0 Å². The van der Waals surface area contributed by atoms with Gasteiger partial charge in [-0.15, -0.1) is 0 Å². The molecule has 18 heavy (non-hydrogen) atoms. The van der Waals surface area contributed by atoms with E-state index in [2.05, 4.69) is 20.8 Å². The van der Waals surface area contributed by atoms with Gasteiger partial charge in [0.15, 0.2) is 5.78 Å². The lowest BCUT2D eigenvalue weighted by Gasteiger charge is -2.34. The first-order chi connectivity index (χ1) is 8.63. The van der Waals surface area contributed by atoms with Gasteiger partial charge in [0, 0.05) is 23.1 Å². The van der Waals surface area contributed by atoms with Crippen LogP contribution in [0, 0.1) is 0 Å². The minimum atomic E-state index is 0.101. The lowest BCUT2D eigenvalue weighted by Crippen LogP contribution is -2.42. The summed E-state index contributed by atoms with van der Waals surface area (Å²) < 4.78 is 6.84. The molecule has 0 aliphatic carbocycles. The third-order valence-electron chi connectivity index (χ3n) is 3.74. The third kappa shape index (κ3) is 2.19. The molecule has 0 N–H and O–H groups in total.